The molecule has 1 N–H and O–H groups in total. The van der Waals surface area contributed by atoms with Crippen molar-refractivity contribution in [3.8, 4) is 0 Å². The normalized spacial score (nSPS) is 28.2. The van der Waals surface area contributed by atoms with Crippen molar-refractivity contribution in [2.24, 2.45) is 11.8 Å². The number of carboxylic acids is 1. The Balaban J connectivity index is 1.99. The molecular formula is C11H16O2. The highest BCUT2D eigenvalue weighted by Gasteiger charge is 2.31. The van der Waals surface area contributed by atoms with Crippen LogP contribution in [0.5, 0.6) is 0 Å². The van der Waals surface area contributed by atoms with Gasteiger partial charge in [-0.15, -0.1) is 0 Å². The molecule has 0 spiro atoms. The standard InChI is InChI=1S/C11H16O2/c1-7(11(12)13)4-10-6-8-2-3-9(10)5-8/h7-8H,2-6H2,1H3,(H,12,13). The van der Waals surface area contributed by atoms with Crippen molar-refractivity contribution >= 4 is 5.97 Å². The van der Waals surface area contributed by atoms with Gasteiger partial charge in [0.2, 0.25) is 0 Å². The van der Waals surface area contributed by atoms with Gasteiger partial charge in [0.15, 0.2) is 0 Å². The zero-order valence-corrected chi connectivity index (χ0v) is 8.05. The van der Waals surface area contributed by atoms with E-state index < -0.39 is 5.97 Å². The zero-order valence-electron chi connectivity index (χ0n) is 8.05. The Morgan fingerprint density at radius 2 is 2.38 bits per heavy atom. The SMILES string of the molecule is CC(CC1=C2CCC(C2)C1)C(=O)O. The summed E-state index contributed by atoms with van der Waals surface area (Å²) < 4.78 is 0. The topological polar surface area (TPSA) is 37.3 Å². The lowest BCUT2D eigenvalue weighted by atomic mass is 9.92. The molecule has 2 unspecified atom stereocenters. The molecule has 13 heavy (non-hydrogen) atoms. The quantitative estimate of drug-likeness (QED) is 0.678. The second-order valence-corrected chi connectivity index (χ2v) is 4.46. The van der Waals surface area contributed by atoms with E-state index in [1.165, 1.54) is 31.3 Å². The lowest BCUT2D eigenvalue weighted by Crippen LogP contribution is -2.11. The maximum absolute atomic E-state index is 10.7. The molecule has 2 aliphatic carbocycles. The number of carbonyl (C=O) groups is 1. The van der Waals surface area contributed by atoms with Gasteiger partial charge in [0, 0.05) is 0 Å². The molecule has 0 aromatic rings. The largest absolute Gasteiger partial charge is 0.481 e. The van der Waals surface area contributed by atoms with Gasteiger partial charge in [0.25, 0.3) is 0 Å². The van der Waals surface area contributed by atoms with Crippen molar-refractivity contribution in [3.63, 3.8) is 0 Å². The molecular weight excluding hydrogens is 164 g/mol. The van der Waals surface area contributed by atoms with Gasteiger partial charge in [-0.25, -0.2) is 0 Å². The molecule has 0 heterocycles. The summed E-state index contributed by atoms with van der Waals surface area (Å²) in [6.07, 6.45) is 5.84. The molecule has 2 aliphatic rings. The van der Waals surface area contributed by atoms with Crippen LogP contribution in [0.2, 0.25) is 0 Å². The summed E-state index contributed by atoms with van der Waals surface area (Å²) in [6.45, 7) is 1.81. The van der Waals surface area contributed by atoms with Crippen LogP contribution < -0.4 is 0 Å². The van der Waals surface area contributed by atoms with Crippen LogP contribution in [-0.4, -0.2) is 11.1 Å². The summed E-state index contributed by atoms with van der Waals surface area (Å²) >= 11 is 0. The minimum absolute atomic E-state index is 0.193. The minimum Gasteiger partial charge on any atom is -0.481 e. The lowest BCUT2D eigenvalue weighted by Gasteiger charge is -2.13. The van der Waals surface area contributed by atoms with Gasteiger partial charge in [-0.05, 0) is 38.0 Å². The second-order valence-electron chi connectivity index (χ2n) is 4.46. The van der Waals surface area contributed by atoms with Gasteiger partial charge < -0.3 is 5.11 Å². The second kappa shape index (κ2) is 3.17. The van der Waals surface area contributed by atoms with E-state index in [-0.39, 0.29) is 5.92 Å². The van der Waals surface area contributed by atoms with Crippen LogP contribution in [0.4, 0.5) is 0 Å². The van der Waals surface area contributed by atoms with Crippen LogP contribution in [0.15, 0.2) is 11.1 Å². The molecule has 1 saturated carbocycles. The average molecular weight is 180 g/mol. The van der Waals surface area contributed by atoms with Crippen LogP contribution in [0.25, 0.3) is 0 Å². The van der Waals surface area contributed by atoms with E-state index in [4.69, 9.17) is 5.11 Å². The minimum atomic E-state index is -0.657. The molecule has 0 aromatic carbocycles. The van der Waals surface area contributed by atoms with Crippen molar-refractivity contribution in [2.45, 2.75) is 39.0 Å². The average Bonchev–Trinajstić information content (AvgIpc) is 2.64. The number of carboxylic acid groups (broad SMARTS) is 1. The number of hydrogen-bond donors (Lipinski definition) is 1. The number of hydrogen-bond acceptors (Lipinski definition) is 1. The molecule has 2 bridgehead atoms. The molecule has 2 rings (SSSR count). The third-order valence-electron chi connectivity index (χ3n) is 3.40. The smallest absolute Gasteiger partial charge is 0.306 e. The highest BCUT2D eigenvalue weighted by Crippen LogP contribution is 2.45. The van der Waals surface area contributed by atoms with Crippen LogP contribution in [0.3, 0.4) is 0 Å². The van der Waals surface area contributed by atoms with Crippen LogP contribution >= 0.6 is 0 Å². The van der Waals surface area contributed by atoms with Crippen molar-refractivity contribution in [1.29, 1.82) is 0 Å². The zero-order chi connectivity index (χ0) is 9.42. The van der Waals surface area contributed by atoms with Crippen LogP contribution in [0.1, 0.15) is 39.0 Å². The molecule has 0 amide bonds. The molecule has 2 nitrogen and oxygen atoms in total. The Kier molecular flexibility index (Phi) is 2.14. The molecule has 0 aromatic heterocycles. The van der Waals surface area contributed by atoms with Crippen molar-refractivity contribution in [3.05, 3.63) is 11.1 Å². The molecule has 2 heteroatoms. The molecule has 2 atom stereocenters. The number of aliphatic carboxylic acids is 1. The van der Waals surface area contributed by atoms with Crippen molar-refractivity contribution in [1.82, 2.24) is 0 Å². The van der Waals surface area contributed by atoms with E-state index in [9.17, 15) is 4.79 Å². The van der Waals surface area contributed by atoms with Gasteiger partial charge in [0.05, 0.1) is 5.92 Å². The first-order chi connectivity index (χ1) is 6.16. The Morgan fingerprint density at radius 1 is 1.62 bits per heavy atom. The highest BCUT2D eigenvalue weighted by molar-refractivity contribution is 5.70. The first-order valence-electron chi connectivity index (χ1n) is 5.09. The fourth-order valence-corrected chi connectivity index (χ4v) is 2.60. The van der Waals surface area contributed by atoms with Gasteiger partial charge >= 0.3 is 5.97 Å². The number of allylic oxidation sites excluding steroid dienone is 2. The third-order valence-corrected chi connectivity index (χ3v) is 3.40. The Bertz CT molecular complexity index is 265. The highest BCUT2D eigenvalue weighted by atomic mass is 16.4. The molecule has 0 radical (unpaired) electrons. The van der Waals surface area contributed by atoms with E-state index in [1.54, 1.807) is 5.57 Å². The fraction of sp³-hybridized carbons (Fsp3) is 0.727. The predicted molar refractivity (Wildman–Crippen MR) is 50.4 cm³/mol. The van der Waals surface area contributed by atoms with E-state index in [0.717, 1.165) is 12.3 Å². The molecule has 1 fully saturated rings. The van der Waals surface area contributed by atoms with Crippen molar-refractivity contribution in [2.75, 3.05) is 0 Å². The fourth-order valence-electron chi connectivity index (χ4n) is 2.60. The first-order valence-corrected chi connectivity index (χ1v) is 5.09. The Morgan fingerprint density at radius 3 is 2.85 bits per heavy atom. The van der Waals surface area contributed by atoms with Crippen LogP contribution in [0, 0.1) is 11.8 Å². The Hall–Kier alpha value is -0.790. The van der Waals surface area contributed by atoms with Gasteiger partial charge in [-0.1, -0.05) is 18.1 Å². The maximum atomic E-state index is 10.7. The van der Waals surface area contributed by atoms with Gasteiger partial charge in [-0.2, -0.15) is 0 Å². The molecule has 0 aliphatic heterocycles. The Labute approximate surface area is 78.6 Å². The van der Waals surface area contributed by atoms with E-state index >= 15 is 0 Å². The van der Waals surface area contributed by atoms with E-state index in [0.29, 0.717) is 0 Å². The van der Waals surface area contributed by atoms with Gasteiger partial charge in [0.1, 0.15) is 0 Å². The number of rotatable bonds is 3. The summed E-state index contributed by atoms with van der Waals surface area (Å²) in [5, 5.41) is 8.79. The lowest BCUT2D eigenvalue weighted by molar-refractivity contribution is -0.141. The third kappa shape index (κ3) is 1.62. The maximum Gasteiger partial charge on any atom is 0.306 e. The summed E-state index contributed by atoms with van der Waals surface area (Å²) in [4.78, 5) is 10.7. The first kappa shape index (κ1) is 8.79. The van der Waals surface area contributed by atoms with Gasteiger partial charge in [-0.3, -0.25) is 4.79 Å². The molecule has 0 saturated heterocycles. The van der Waals surface area contributed by atoms with E-state index in [1.807, 2.05) is 6.92 Å². The van der Waals surface area contributed by atoms with Crippen LogP contribution in [-0.2, 0) is 4.79 Å². The summed E-state index contributed by atoms with van der Waals surface area (Å²) in [7, 11) is 0. The molecule has 72 valence electrons. The predicted octanol–water partition coefficient (Wildman–Crippen LogP) is 2.60. The summed E-state index contributed by atoms with van der Waals surface area (Å²) in [5.41, 5.74) is 3.05. The summed E-state index contributed by atoms with van der Waals surface area (Å²) in [6, 6.07) is 0. The summed E-state index contributed by atoms with van der Waals surface area (Å²) in [5.74, 6) is 0.0173. The van der Waals surface area contributed by atoms with Crippen molar-refractivity contribution < 1.29 is 9.90 Å². The monoisotopic (exact) mass is 180 g/mol. The van der Waals surface area contributed by atoms with E-state index in [2.05, 4.69) is 0 Å². The number of fused-ring (bicyclic) bond motifs is 2.